The molecule has 0 unspecified atom stereocenters. The van der Waals surface area contributed by atoms with Gasteiger partial charge in [0.15, 0.2) is 6.61 Å². The first-order valence-corrected chi connectivity index (χ1v) is 7.84. The number of rotatable bonds is 4. The number of esters is 1. The van der Waals surface area contributed by atoms with Crippen molar-refractivity contribution in [1.82, 2.24) is 0 Å². The van der Waals surface area contributed by atoms with Gasteiger partial charge in [-0.3, -0.25) is 4.79 Å². The van der Waals surface area contributed by atoms with Crippen LogP contribution in [0, 0.1) is 17.4 Å². The molecule has 0 heterocycles. The van der Waals surface area contributed by atoms with Gasteiger partial charge in [0.2, 0.25) is 0 Å². The highest BCUT2D eigenvalue weighted by Crippen LogP contribution is 2.17. The fraction of sp³-hybridized carbons (Fsp3) is 0.176. The summed E-state index contributed by atoms with van der Waals surface area (Å²) in [7, 11) is 0. The Morgan fingerprint density at radius 2 is 1.86 bits per heavy atom. The van der Waals surface area contributed by atoms with Crippen molar-refractivity contribution < 1.29 is 14.3 Å². The molecule has 0 aliphatic carbocycles. The molecule has 0 bridgehead atoms. The molecule has 0 radical (unpaired) electrons. The highest BCUT2D eigenvalue weighted by molar-refractivity contribution is 14.1. The number of amides is 1. The predicted molar refractivity (Wildman–Crippen MR) is 94.0 cm³/mol. The Balaban J connectivity index is 1.93. The lowest BCUT2D eigenvalue weighted by Gasteiger charge is -2.09. The summed E-state index contributed by atoms with van der Waals surface area (Å²) in [5, 5.41) is 2.72. The number of para-hydroxylation sites is 1. The summed E-state index contributed by atoms with van der Waals surface area (Å²) in [6.07, 6.45) is 0. The van der Waals surface area contributed by atoms with E-state index in [4.69, 9.17) is 4.74 Å². The predicted octanol–water partition coefficient (Wildman–Crippen LogP) is 3.70. The van der Waals surface area contributed by atoms with Crippen LogP contribution in [0.2, 0.25) is 0 Å². The van der Waals surface area contributed by atoms with Crippen LogP contribution in [0.1, 0.15) is 21.5 Å². The zero-order chi connectivity index (χ0) is 16.1. The molecule has 1 N–H and O–H groups in total. The average Bonchev–Trinajstić information content (AvgIpc) is 2.47. The summed E-state index contributed by atoms with van der Waals surface area (Å²) in [5.41, 5.74) is 3.09. The smallest absolute Gasteiger partial charge is 0.338 e. The van der Waals surface area contributed by atoms with Crippen LogP contribution in [0.5, 0.6) is 0 Å². The molecule has 2 rings (SSSR count). The average molecular weight is 409 g/mol. The third-order valence-corrected chi connectivity index (χ3v) is 4.02. The summed E-state index contributed by atoms with van der Waals surface area (Å²) in [6.45, 7) is 3.49. The first kappa shape index (κ1) is 16.5. The molecule has 5 heteroatoms. The Bertz CT molecular complexity index is 713. The maximum Gasteiger partial charge on any atom is 0.338 e. The third kappa shape index (κ3) is 4.30. The van der Waals surface area contributed by atoms with Gasteiger partial charge >= 0.3 is 5.97 Å². The van der Waals surface area contributed by atoms with E-state index in [-0.39, 0.29) is 12.5 Å². The number of carbonyl (C=O) groups is 2. The summed E-state index contributed by atoms with van der Waals surface area (Å²) >= 11 is 2.13. The highest BCUT2D eigenvalue weighted by Gasteiger charge is 2.13. The molecule has 114 valence electrons. The number of halogens is 1. The molecular formula is C17H16INO3. The lowest BCUT2D eigenvalue weighted by Crippen LogP contribution is -2.21. The fourth-order valence-corrected chi connectivity index (χ4v) is 2.52. The van der Waals surface area contributed by atoms with Crippen LogP contribution in [0.4, 0.5) is 5.69 Å². The second kappa shape index (κ2) is 7.40. The minimum absolute atomic E-state index is 0.308. The normalized spacial score (nSPS) is 10.1. The van der Waals surface area contributed by atoms with Gasteiger partial charge in [0, 0.05) is 3.57 Å². The molecule has 0 saturated heterocycles. The van der Waals surface area contributed by atoms with Crippen molar-refractivity contribution in [2.24, 2.45) is 0 Å². The summed E-state index contributed by atoms with van der Waals surface area (Å²) in [6, 6.07) is 12.9. The maximum atomic E-state index is 12.0. The number of nitrogens with one attached hydrogen (secondary N) is 1. The standard InChI is InChI=1S/C17H16INO3/c1-11-7-8-13(12(2)9-11)17(21)22-10-16(20)19-15-6-4-3-5-14(15)18/h3-9H,10H2,1-2H3,(H,19,20). The number of carbonyl (C=O) groups excluding carboxylic acids is 2. The van der Waals surface area contributed by atoms with Gasteiger partial charge in [0.05, 0.1) is 11.3 Å². The van der Waals surface area contributed by atoms with E-state index < -0.39 is 5.97 Å². The lowest BCUT2D eigenvalue weighted by atomic mass is 10.1. The van der Waals surface area contributed by atoms with Gasteiger partial charge in [0.1, 0.15) is 0 Å². The fourth-order valence-electron chi connectivity index (χ4n) is 2.00. The monoisotopic (exact) mass is 409 g/mol. The van der Waals surface area contributed by atoms with E-state index >= 15 is 0 Å². The summed E-state index contributed by atoms with van der Waals surface area (Å²) in [5.74, 6) is -0.849. The summed E-state index contributed by atoms with van der Waals surface area (Å²) < 4.78 is 5.99. The Kier molecular flexibility index (Phi) is 5.54. The van der Waals surface area contributed by atoms with Crippen LogP contribution in [0.15, 0.2) is 42.5 Å². The van der Waals surface area contributed by atoms with E-state index in [2.05, 4.69) is 27.9 Å². The maximum absolute atomic E-state index is 12.0. The minimum Gasteiger partial charge on any atom is -0.452 e. The Labute approximate surface area is 143 Å². The molecule has 0 saturated carbocycles. The van der Waals surface area contributed by atoms with Gasteiger partial charge in [-0.25, -0.2) is 4.79 Å². The van der Waals surface area contributed by atoms with Gasteiger partial charge in [-0.15, -0.1) is 0 Å². The number of ether oxygens (including phenoxy) is 1. The van der Waals surface area contributed by atoms with Crippen LogP contribution in [0.25, 0.3) is 0 Å². The lowest BCUT2D eigenvalue weighted by molar-refractivity contribution is -0.119. The number of hydrogen-bond donors (Lipinski definition) is 1. The molecule has 0 spiro atoms. The molecular weight excluding hydrogens is 393 g/mol. The Hall–Kier alpha value is -1.89. The third-order valence-electron chi connectivity index (χ3n) is 3.08. The molecule has 1 amide bonds. The summed E-state index contributed by atoms with van der Waals surface area (Å²) in [4.78, 5) is 23.8. The van der Waals surface area contributed by atoms with Gasteiger partial charge in [-0.05, 0) is 60.2 Å². The molecule has 0 aromatic heterocycles. The molecule has 2 aromatic rings. The van der Waals surface area contributed by atoms with E-state index in [1.807, 2.05) is 44.2 Å². The van der Waals surface area contributed by atoms with Crippen molar-refractivity contribution in [2.75, 3.05) is 11.9 Å². The van der Waals surface area contributed by atoms with Crippen molar-refractivity contribution in [3.05, 3.63) is 62.7 Å². The number of aryl methyl sites for hydroxylation is 2. The Morgan fingerprint density at radius 1 is 1.14 bits per heavy atom. The van der Waals surface area contributed by atoms with Crippen molar-refractivity contribution in [3.63, 3.8) is 0 Å². The van der Waals surface area contributed by atoms with Gasteiger partial charge in [-0.2, -0.15) is 0 Å². The van der Waals surface area contributed by atoms with Crippen molar-refractivity contribution in [3.8, 4) is 0 Å². The first-order valence-electron chi connectivity index (χ1n) is 6.76. The molecule has 4 nitrogen and oxygen atoms in total. The van der Waals surface area contributed by atoms with Crippen molar-refractivity contribution >= 4 is 40.2 Å². The van der Waals surface area contributed by atoms with Crippen molar-refractivity contribution in [1.29, 1.82) is 0 Å². The number of benzene rings is 2. The molecule has 0 atom stereocenters. The highest BCUT2D eigenvalue weighted by atomic mass is 127. The molecule has 22 heavy (non-hydrogen) atoms. The van der Waals surface area contributed by atoms with E-state index in [0.717, 1.165) is 14.7 Å². The zero-order valence-electron chi connectivity index (χ0n) is 12.4. The van der Waals surface area contributed by atoms with Crippen LogP contribution in [-0.4, -0.2) is 18.5 Å². The first-order chi connectivity index (χ1) is 10.5. The van der Waals surface area contributed by atoms with Crippen LogP contribution < -0.4 is 5.32 Å². The Morgan fingerprint density at radius 3 is 2.55 bits per heavy atom. The second-order valence-corrected chi connectivity index (χ2v) is 6.08. The van der Waals surface area contributed by atoms with E-state index in [1.165, 1.54) is 0 Å². The van der Waals surface area contributed by atoms with Gasteiger partial charge < -0.3 is 10.1 Å². The molecule has 0 fully saturated rings. The number of anilines is 1. The van der Waals surface area contributed by atoms with Gasteiger partial charge in [0.25, 0.3) is 5.91 Å². The largest absolute Gasteiger partial charge is 0.452 e. The van der Waals surface area contributed by atoms with Crippen LogP contribution in [-0.2, 0) is 9.53 Å². The second-order valence-electron chi connectivity index (χ2n) is 4.92. The number of hydrogen-bond acceptors (Lipinski definition) is 3. The van der Waals surface area contributed by atoms with Crippen LogP contribution in [0.3, 0.4) is 0 Å². The molecule has 0 aliphatic rings. The zero-order valence-corrected chi connectivity index (χ0v) is 14.5. The van der Waals surface area contributed by atoms with Crippen molar-refractivity contribution in [2.45, 2.75) is 13.8 Å². The minimum atomic E-state index is -0.490. The van der Waals surface area contributed by atoms with E-state index in [0.29, 0.717) is 11.3 Å². The molecule has 0 aliphatic heterocycles. The molecule has 2 aromatic carbocycles. The SMILES string of the molecule is Cc1ccc(C(=O)OCC(=O)Nc2ccccc2I)c(C)c1. The van der Waals surface area contributed by atoms with E-state index in [1.54, 1.807) is 12.1 Å². The van der Waals surface area contributed by atoms with E-state index in [9.17, 15) is 9.59 Å². The quantitative estimate of drug-likeness (QED) is 0.619. The van der Waals surface area contributed by atoms with Crippen LogP contribution >= 0.6 is 22.6 Å². The topological polar surface area (TPSA) is 55.4 Å². The van der Waals surface area contributed by atoms with Gasteiger partial charge in [-0.1, -0.05) is 29.8 Å².